The van der Waals surface area contributed by atoms with E-state index in [-0.39, 0.29) is 0 Å². The molecule has 0 radical (unpaired) electrons. The quantitative estimate of drug-likeness (QED) is 0.0355. The molecule has 6 heteroatoms. The van der Waals surface area contributed by atoms with Crippen LogP contribution in [-0.2, 0) is 57.8 Å². The van der Waals surface area contributed by atoms with Crippen LogP contribution in [0.15, 0.2) is 201 Å². The third kappa shape index (κ3) is 29.7. The van der Waals surface area contributed by atoms with Gasteiger partial charge in [-0.1, -0.05) is 265 Å². The summed E-state index contributed by atoms with van der Waals surface area (Å²) >= 11 is 0. The van der Waals surface area contributed by atoms with E-state index in [0.717, 1.165) is 121 Å². The molecule has 6 aromatic carbocycles. The van der Waals surface area contributed by atoms with Gasteiger partial charge in [-0.2, -0.15) is 0 Å². The van der Waals surface area contributed by atoms with Gasteiger partial charge in [0.15, 0.2) is 0 Å². The Kier molecular flexibility index (Phi) is 36.5. The summed E-state index contributed by atoms with van der Waals surface area (Å²) in [5.41, 5.74) is 19.2. The van der Waals surface area contributed by atoms with Crippen molar-refractivity contribution < 1.29 is 14.2 Å². The van der Waals surface area contributed by atoms with Gasteiger partial charge in [-0.05, 0) is 218 Å². The molecule has 3 heterocycles. The van der Waals surface area contributed by atoms with E-state index >= 15 is 0 Å². The Morgan fingerprint density at radius 1 is 0.198 bits per heavy atom. The number of benzene rings is 6. The van der Waals surface area contributed by atoms with Crippen LogP contribution in [0.25, 0.3) is 33.4 Å². The summed E-state index contributed by atoms with van der Waals surface area (Å²) in [6.07, 6.45) is 42.5. The number of unbranched alkanes of at least 4 members (excludes halogenated alkanes) is 15. The van der Waals surface area contributed by atoms with Crippen molar-refractivity contribution in [2.75, 3.05) is 19.8 Å². The van der Waals surface area contributed by atoms with E-state index in [4.69, 9.17) is 29.2 Å². The zero-order valence-electron chi connectivity index (χ0n) is 60.0. The van der Waals surface area contributed by atoms with Crippen LogP contribution in [0.1, 0.15) is 227 Å². The summed E-state index contributed by atoms with van der Waals surface area (Å²) in [6.45, 7) is 15.7. The zero-order valence-corrected chi connectivity index (χ0v) is 60.0. The first-order chi connectivity index (χ1) is 47.3. The Morgan fingerprint density at radius 2 is 0.448 bits per heavy atom. The van der Waals surface area contributed by atoms with Gasteiger partial charge >= 0.3 is 0 Å². The summed E-state index contributed by atoms with van der Waals surface area (Å²) in [5.74, 6) is 2.85. The number of ether oxygens (including phenoxy) is 3. The highest BCUT2D eigenvalue weighted by atomic mass is 16.5. The number of pyridine rings is 3. The highest BCUT2D eigenvalue weighted by Gasteiger charge is 2.08. The van der Waals surface area contributed by atoms with Crippen LogP contribution in [0.5, 0.6) is 17.2 Å². The van der Waals surface area contributed by atoms with Crippen molar-refractivity contribution in [2.24, 2.45) is 0 Å². The first-order valence-corrected chi connectivity index (χ1v) is 37.6. The van der Waals surface area contributed by atoms with Crippen molar-refractivity contribution in [3.05, 3.63) is 251 Å². The van der Waals surface area contributed by atoms with E-state index in [1.54, 1.807) is 0 Å². The topological polar surface area (TPSA) is 66.4 Å². The third-order valence-electron chi connectivity index (χ3n) is 18.1. The largest absolute Gasteiger partial charge is 0.494 e. The molecule has 510 valence electrons. The summed E-state index contributed by atoms with van der Waals surface area (Å²) in [7, 11) is 0. The maximum atomic E-state index is 5.83. The third-order valence-corrected chi connectivity index (χ3v) is 18.1. The molecule has 96 heavy (non-hydrogen) atoms. The number of hydrogen-bond donors (Lipinski definition) is 0. The second-order valence-electron chi connectivity index (χ2n) is 26.2. The minimum Gasteiger partial charge on any atom is -0.494 e. The van der Waals surface area contributed by atoms with Gasteiger partial charge in [0, 0.05) is 35.7 Å². The van der Waals surface area contributed by atoms with E-state index in [1.165, 1.54) is 193 Å². The van der Waals surface area contributed by atoms with Crippen LogP contribution in [0.2, 0.25) is 0 Å². The molecular weight excluding hydrogens is 1170 g/mol. The van der Waals surface area contributed by atoms with Gasteiger partial charge < -0.3 is 14.2 Å². The van der Waals surface area contributed by atoms with Crippen LogP contribution in [0.3, 0.4) is 0 Å². The lowest BCUT2D eigenvalue weighted by Crippen LogP contribution is -1.97. The van der Waals surface area contributed by atoms with Gasteiger partial charge in [0.05, 0.1) is 19.8 Å². The first kappa shape index (κ1) is 75.5. The molecule has 0 atom stereocenters. The lowest BCUT2D eigenvalue weighted by Gasteiger charge is -2.08. The zero-order chi connectivity index (χ0) is 67.3. The monoisotopic (exact) mass is 1290 g/mol. The number of aromatic nitrogens is 3. The molecule has 0 unspecified atom stereocenters. The lowest BCUT2D eigenvalue weighted by molar-refractivity contribution is 0.306. The van der Waals surface area contributed by atoms with Crippen molar-refractivity contribution in [3.63, 3.8) is 0 Å². The minimum atomic E-state index is 0.769. The average Bonchev–Trinajstić information content (AvgIpc) is 2.05. The number of rotatable bonds is 42. The molecule has 0 saturated heterocycles. The molecule has 0 aliphatic rings. The van der Waals surface area contributed by atoms with Gasteiger partial charge in [0.2, 0.25) is 0 Å². The van der Waals surface area contributed by atoms with Gasteiger partial charge in [-0.15, -0.1) is 0 Å². The lowest BCUT2D eigenvalue weighted by atomic mass is 10.0. The van der Waals surface area contributed by atoms with Crippen molar-refractivity contribution in [1.82, 2.24) is 15.0 Å². The van der Waals surface area contributed by atoms with E-state index < -0.39 is 0 Å². The van der Waals surface area contributed by atoms with Crippen LogP contribution in [0, 0.1) is 0 Å². The Hall–Kier alpha value is -7.83. The molecular formula is C90H117N3O3. The van der Waals surface area contributed by atoms with E-state index in [0.29, 0.717) is 0 Å². The Labute approximate surface area is 581 Å². The minimum absolute atomic E-state index is 0.769. The predicted molar refractivity (Wildman–Crippen MR) is 409 cm³/mol. The van der Waals surface area contributed by atoms with Crippen molar-refractivity contribution in [2.45, 2.75) is 234 Å². The Balaban J connectivity index is 0.000000203. The fourth-order valence-corrected chi connectivity index (χ4v) is 11.8. The Morgan fingerprint density at radius 3 is 0.719 bits per heavy atom. The number of nitrogens with zero attached hydrogens (tertiary/aromatic N) is 3. The Bertz CT molecular complexity index is 3380. The van der Waals surface area contributed by atoms with Gasteiger partial charge in [-0.3, -0.25) is 15.0 Å². The molecule has 0 aliphatic heterocycles. The fraction of sp³-hybridized carbons (Fsp3) is 0.433. The summed E-state index contributed by atoms with van der Waals surface area (Å²) in [4.78, 5) is 14.1. The normalized spacial score (nSPS) is 10.9. The highest BCUT2D eigenvalue weighted by molar-refractivity contribution is 5.66. The summed E-state index contributed by atoms with van der Waals surface area (Å²) in [6, 6.07) is 65.5. The molecule has 0 N–H and O–H groups in total. The molecule has 9 rings (SSSR count). The maximum absolute atomic E-state index is 5.83. The van der Waals surface area contributed by atoms with Crippen LogP contribution < -0.4 is 14.2 Å². The van der Waals surface area contributed by atoms with E-state index in [9.17, 15) is 0 Å². The SMILES string of the molecule is CCCCCCCc1ccc(CCc2ccc(-c3ccc(OCCC)cc3)cc2)nc1.CCCCCCCc1ccc(CCc2ccc(-c3ccc(OCCCC)cc3)cc2)nc1.CCCCCCCc1ccc(CCc2ccc(-c3ccc(OCCCCC)cc3)cc2)nc1. The molecule has 0 saturated carbocycles. The van der Waals surface area contributed by atoms with Crippen LogP contribution >= 0.6 is 0 Å². The molecule has 3 aromatic heterocycles. The molecule has 0 amide bonds. The molecule has 0 bridgehead atoms. The van der Waals surface area contributed by atoms with Gasteiger partial charge in [0.25, 0.3) is 0 Å². The van der Waals surface area contributed by atoms with Gasteiger partial charge in [0.1, 0.15) is 17.2 Å². The molecule has 0 aliphatic carbocycles. The standard InChI is InChI=1S/C31H41NO.C30H39NO.C29H37NO/c1-3-5-7-8-9-11-27-15-21-30(32-25-27)20-14-26-12-16-28(17-13-26)29-18-22-31(23-19-29)33-24-10-6-4-2;1-3-5-7-8-9-10-26-14-20-29(31-24-26)19-13-25-11-15-27(16-12-25)28-17-21-30(22-18-28)32-23-6-4-2;1-3-5-6-7-8-9-25-13-19-28(30-23-25)18-12-24-10-14-26(15-11-24)27-16-20-29(21-17-27)31-22-4-2/h12-13,15-19,21-23,25H,3-11,14,20,24H2,1-2H3;11-12,14-18,20-22,24H,3-10,13,19,23H2,1-2H3;10-11,13-17,19-21,23H,3-9,12,18,22H2,1-2H3. The van der Waals surface area contributed by atoms with Crippen LogP contribution in [0.4, 0.5) is 0 Å². The fourth-order valence-electron chi connectivity index (χ4n) is 11.8. The molecule has 0 fully saturated rings. The van der Waals surface area contributed by atoms with Crippen LogP contribution in [-0.4, -0.2) is 34.8 Å². The maximum Gasteiger partial charge on any atom is 0.119 e. The van der Waals surface area contributed by atoms with E-state index in [2.05, 4.69) is 242 Å². The average molecular weight is 1290 g/mol. The summed E-state index contributed by atoms with van der Waals surface area (Å²) < 4.78 is 17.3. The second kappa shape index (κ2) is 46.4. The van der Waals surface area contributed by atoms with E-state index in [1.807, 2.05) is 0 Å². The summed E-state index contributed by atoms with van der Waals surface area (Å²) in [5, 5.41) is 0. The van der Waals surface area contributed by atoms with Crippen molar-refractivity contribution in [3.8, 4) is 50.6 Å². The highest BCUT2D eigenvalue weighted by Crippen LogP contribution is 2.27. The smallest absolute Gasteiger partial charge is 0.119 e. The predicted octanol–water partition coefficient (Wildman–Crippen LogP) is 24.7. The molecule has 6 nitrogen and oxygen atoms in total. The number of aryl methyl sites for hydroxylation is 9. The molecule has 0 spiro atoms. The van der Waals surface area contributed by atoms with Crippen molar-refractivity contribution >= 4 is 0 Å². The van der Waals surface area contributed by atoms with Gasteiger partial charge in [-0.25, -0.2) is 0 Å². The second-order valence-corrected chi connectivity index (χ2v) is 26.2. The van der Waals surface area contributed by atoms with Crippen molar-refractivity contribution in [1.29, 1.82) is 0 Å². The number of hydrogen-bond acceptors (Lipinski definition) is 6. The molecule has 9 aromatic rings. The first-order valence-electron chi connectivity index (χ1n) is 37.6.